The molecule has 1 aromatic rings. The van der Waals surface area contributed by atoms with Gasteiger partial charge in [-0.05, 0) is 18.6 Å². The average molecular weight is 207 g/mol. The van der Waals surface area contributed by atoms with Crippen molar-refractivity contribution >= 4 is 5.91 Å². The Morgan fingerprint density at radius 1 is 1.47 bits per heavy atom. The highest BCUT2D eigenvalue weighted by atomic mass is 16.3. The lowest BCUT2D eigenvalue weighted by molar-refractivity contribution is -0.119. The average Bonchev–Trinajstić information content (AvgIpc) is 2.82. The van der Waals surface area contributed by atoms with E-state index in [1.807, 2.05) is 12.1 Å². The van der Waals surface area contributed by atoms with Crippen LogP contribution in [0.1, 0.15) is 44.1 Å². The standard InChI is InChI=1S/C12H17NO2/c1-3-8-5-6-11(15-8)9-7-12(14)13-10(9)4-2/h5-6,9-10H,3-4,7H2,1-2H3,(H,13,14). The van der Waals surface area contributed by atoms with Gasteiger partial charge in [0, 0.05) is 24.8 Å². The van der Waals surface area contributed by atoms with E-state index in [1.54, 1.807) is 0 Å². The summed E-state index contributed by atoms with van der Waals surface area (Å²) in [6, 6.07) is 4.26. The maximum absolute atomic E-state index is 11.3. The summed E-state index contributed by atoms with van der Waals surface area (Å²) < 4.78 is 5.70. The minimum atomic E-state index is 0.140. The molecule has 2 rings (SSSR count). The number of nitrogens with one attached hydrogen (secondary N) is 1. The zero-order valence-electron chi connectivity index (χ0n) is 9.25. The zero-order valence-corrected chi connectivity index (χ0v) is 9.25. The third-order valence-electron chi connectivity index (χ3n) is 3.07. The normalized spacial score (nSPS) is 25.6. The highest BCUT2D eigenvalue weighted by molar-refractivity contribution is 5.80. The van der Waals surface area contributed by atoms with Gasteiger partial charge >= 0.3 is 0 Å². The summed E-state index contributed by atoms with van der Waals surface area (Å²) in [7, 11) is 0. The molecule has 1 aromatic heterocycles. The maximum atomic E-state index is 11.3. The van der Waals surface area contributed by atoms with Crippen molar-refractivity contribution in [3.8, 4) is 0 Å². The first-order chi connectivity index (χ1) is 7.24. The summed E-state index contributed by atoms with van der Waals surface area (Å²) in [6.07, 6.45) is 2.43. The molecule has 0 aliphatic carbocycles. The SMILES string of the molecule is CCc1ccc(C2CC(=O)NC2CC)o1. The van der Waals surface area contributed by atoms with Crippen LogP contribution >= 0.6 is 0 Å². The van der Waals surface area contributed by atoms with Gasteiger partial charge in [-0.25, -0.2) is 0 Å². The fourth-order valence-corrected chi connectivity index (χ4v) is 2.18. The molecule has 1 amide bonds. The first kappa shape index (κ1) is 10.3. The smallest absolute Gasteiger partial charge is 0.221 e. The molecular formula is C12H17NO2. The van der Waals surface area contributed by atoms with Crippen LogP contribution in [0, 0.1) is 0 Å². The summed E-state index contributed by atoms with van der Waals surface area (Å²) in [5, 5.41) is 2.98. The van der Waals surface area contributed by atoms with Crippen LogP contribution in [0.4, 0.5) is 0 Å². The molecule has 3 nitrogen and oxygen atoms in total. The fraction of sp³-hybridized carbons (Fsp3) is 0.583. The van der Waals surface area contributed by atoms with E-state index in [1.165, 1.54) is 0 Å². The summed E-state index contributed by atoms with van der Waals surface area (Å²) in [4.78, 5) is 11.3. The van der Waals surface area contributed by atoms with Crippen molar-refractivity contribution in [3.63, 3.8) is 0 Å². The van der Waals surface area contributed by atoms with Crippen LogP contribution in [0.5, 0.6) is 0 Å². The van der Waals surface area contributed by atoms with Gasteiger partial charge in [0.1, 0.15) is 11.5 Å². The molecule has 0 radical (unpaired) electrons. The van der Waals surface area contributed by atoms with Gasteiger partial charge in [0.05, 0.1) is 0 Å². The number of aryl methyl sites for hydroxylation is 1. The monoisotopic (exact) mass is 207 g/mol. The first-order valence-corrected chi connectivity index (χ1v) is 5.62. The summed E-state index contributed by atoms with van der Waals surface area (Å²) in [5.41, 5.74) is 0. The number of hydrogen-bond donors (Lipinski definition) is 1. The second-order valence-corrected chi connectivity index (χ2v) is 4.05. The van der Waals surface area contributed by atoms with Crippen molar-refractivity contribution in [2.24, 2.45) is 0 Å². The van der Waals surface area contributed by atoms with E-state index in [-0.39, 0.29) is 17.9 Å². The molecule has 0 spiro atoms. The number of amides is 1. The van der Waals surface area contributed by atoms with Gasteiger partial charge in [-0.2, -0.15) is 0 Å². The highest BCUT2D eigenvalue weighted by Gasteiger charge is 2.34. The Morgan fingerprint density at radius 3 is 2.87 bits per heavy atom. The first-order valence-electron chi connectivity index (χ1n) is 5.62. The largest absolute Gasteiger partial charge is 0.466 e. The van der Waals surface area contributed by atoms with Gasteiger partial charge in [-0.1, -0.05) is 13.8 Å². The van der Waals surface area contributed by atoms with Gasteiger partial charge in [0.2, 0.25) is 5.91 Å². The molecule has 3 heteroatoms. The van der Waals surface area contributed by atoms with Crippen LogP contribution in [-0.4, -0.2) is 11.9 Å². The predicted molar refractivity (Wildman–Crippen MR) is 57.7 cm³/mol. The van der Waals surface area contributed by atoms with E-state index in [9.17, 15) is 4.79 Å². The third kappa shape index (κ3) is 1.91. The molecular weight excluding hydrogens is 190 g/mol. The van der Waals surface area contributed by atoms with Crippen molar-refractivity contribution in [3.05, 3.63) is 23.7 Å². The molecule has 1 fully saturated rings. The molecule has 2 unspecified atom stereocenters. The number of hydrogen-bond acceptors (Lipinski definition) is 2. The lowest BCUT2D eigenvalue weighted by Crippen LogP contribution is -2.27. The van der Waals surface area contributed by atoms with Crippen LogP contribution in [0.25, 0.3) is 0 Å². The molecule has 0 bridgehead atoms. The van der Waals surface area contributed by atoms with Crippen LogP contribution < -0.4 is 5.32 Å². The molecule has 2 heterocycles. The summed E-state index contributed by atoms with van der Waals surface area (Å²) >= 11 is 0. The number of carbonyl (C=O) groups is 1. The Labute approximate surface area is 89.9 Å². The Balaban J connectivity index is 2.18. The van der Waals surface area contributed by atoms with E-state index in [2.05, 4.69) is 19.2 Å². The van der Waals surface area contributed by atoms with Gasteiger partial charge in [0.25, 0.3) is 0 Å². The van der Waals surface area contributed by atoms with Crippen molar-refractivity contribution < 1.29 is 9.21 Å². The zero-order chi connectivity index (χ0) is 10.8. The molecule has 1 aliphatic rings. The van der Waals surface area contributed by atoms with Gasteiger partial charge in [0.15, 0.2) is 0 Å². The van der Waals surface area contributed by atoms with Crippen molar-refractivity contribution in [1.82, 2.24) is 5.32 Å². The lowest BCUT2D eigenvalue weighted by atomic mass is 9.96. The fourth-order valence-electron chi connectivity index (χ4n) is 2.18. The van der Waals surface area contributed by atoms with E-state index in [4.69, 9.17) is 4.42 Å². The predicted octanol–water partition coefficient (Wildman–Crippen LogP) is 2.22. The molecule has 1 aliphatic heterocycles. The summed E-state index contributed by atoms with van der Waals surface area (Å²) in [5.74, 6) is 2.32. The highest BCUT2D eigenvalue weighted by Crippen LogP contribution is 2.31. The van der Waals surface area contributed by atoms with Crippen LogP contribution in [-0.2, 0) is 11.2 Å². The van der Waals surface area contributed by atoms with Crippen LogP contribution in [0.15, 0.2) is 16.5 Å². The minimum Gasteiger partial charge on any atom is -0.466 e. The number of carbonyl (C=O) groups excluding carboxylic acids is 1. The number of furan rings is 1. The molecule has 82 valence electrons. The topological polar surface area (TPSA) is 42.2 Å². The lowest BCUT2D eigenvalue weighted by Gasteiger charge is -2.14. The van der Waals surface area contributed by atoms with Crippen molar-refractivity contribution in [1.29, 1.82) is 0 Å². The molecule has 1 saturated heterocycles. The van der Waals surface area contributed by atoms with Crippen molar-refractivity contribution in [2.45, 2.75) is 45.1 Å². The Morgan fingerprint density at radius 2 is 2.27 bits per heavy atom. The molecule has 1 N–H and O–H groups in total. The van der Waals surface area contributed by atoms with E-state index in [0.717, 1.165) is 24.4 Å². The quantitative estimate of drug-likeness (QED) is 0.825. The minimum absolute atomic E-state index is 0.140. The van der Waals surface area contributed by atoms with Gasteiger partial charge in [-0.15, -0.1) is 0 Å². The Bertz CT molecular complexity index is 356. The van der Waals surface area contributed by atoms with Crippen molar-refractivity contribution in [2.75, 3.05) is 0 Å². The van der Waals surface area contributed by atoms with E-state index in [0.29, 0.717) is 6.42 Å². The molecule has 15 heavy (non-hydrogen) atoms. The van der Waals surface area contributed by atoms with E-state index >= 15 is 0 Å². The van der Waals surface area contributed by atoms with Gasteiger partial charge < -0.3 is 9.73 Å². The Hall–Kier alpha value is -1.25. The number of rotatable bonds is 3. The molecule has 0 saturated carbocycles. The second-order valence-electron chi connectivity index (χ2n) is 4.05. The van der Waals surface area contributed by atoms with Crippen LogP contribution in [0.2, 0.25) is 0 Å². The van der Waals surface area contributed by atoms with Gasteiger partial charge in [-0.3, -0.25) is 4.79 Å². The van der Waals surface area contributed by atoms with E-state index < -0.39 is 0 Å². The summed E-state index contributed by atoms with van der Waals surface area (Å²) in [6.45, 7) is 4.16. The second kappa shape index (κ2) is 4.09. The molecule has 0 aromatic carbocycles. The Kier molecular flexibility index (Phi) is 2.80. The van der Waals surface area contributed by atoms with Crippen LogP contribution in [0.3, 0.4) is 0 Å². The third-order valence-corrected chi connectivity index (χ3v) is 3.07. The molecule has 2 atom stereocenters. The maximum Gasteiger partial charge on any atom is 0.221 e.